The highest BCUT2D eigenvalue weighted by atomic mass is 16.5. The monoisotopic (exact) mass is 270 g/mol. The van der Waals surface area contributed by atoms with Crippen LogP contribution < -0.4 is 5.32 Å². The van der Waals surface area contributed by atoms with Gasteiger partial charge < -0.3 is 20.1 Å². The lowest BCUT2D eigenvalue weighted by Gasteiger charge is -2.27. The third-order valence-corrected chi connectivity index (χ3v) is 3.99. The Hall–Kier alpha value is -1.30. The maximum absolute atomic E-state index is 12.1. The molecule has 0 aromatic carbocycles. The van der Waals surface area contributed by atoms with E-state index in [-0.39, 0.29) is 18.2 Å². The van der Waals surface area contributed by atoms with E-state index in [0.717, 1.165) is 6.42 Å². The van der Waals surface area contributed by atoms with Crippen molar-refractivity contribution in [3.63, 3.8) is 0 Å². The minimum absolute atomic E-state index is 0.0220. The van der Waals surface area contributed by atoms with Crippen molar-refractivity contribution < 1.29 is 19.4 Å². The molecule has 6 heteroatoms. The zero-order valence-corrected chi connectivity index (χ0v) is 11.5. The van der Waals surface area contributed by atoms with E-state index in [1.54, 1.807) is 6.92 Å². The van der Waals surface area contributed by atoms with E-state index in [1.807, 2.05) is 0 Å². The van der Waals surface area contributed by atoms with Crippen molar-refractivity contribution >= 4 is 12.0 Å². The van der Waals surface area contributed by atoms with Crippen molar-refractivity contribution in [1.82, 2.24) is 10.2 Å². The number of carboxylic acid groups (broad SMARTS) is 1. The number of hydrogen-bond acceptors (Lipinski definition) is 3. The van der Waals surface area contributed by atoms with Gasteiger partial charge in [0.1, 0.15) is 6.04 Å². The van der Waals surface area contributed by atoms with Crippen LogP contribution in [-0.4, -0.2) is 53.8 Å². The molecule has 2 fully saturated rings. The van der Waals surface area contributed by atoms with Crippen LogP contribution in [-0.2, 0) is 9.53 Å². The lowest BCUT2D eigenvalue weighted by molar-refractivity contribution is -0.141. The number of rotatable bonds is 5. The largest absolute Gasteiger partial charge is 0.480 e. The van der Waals surface area contributed by atoms with Gasteiger partial charge in [0.15, 0.2) is 0 Å². The van der Waals surface area contributed by atoms with Crippen molar-refractivity contribution in [3.05, 3.63) is 0 Å². The second-order valence-corrected chi connectivity index (χ2v) is 5.39. The molecule has 1 saturated heterocycles. The van der Waals surface area contributed by atoms with Gasteiger partial charge in [-0.25, -0.2) is 9.59 Å². The number of carbonyl (C=O) groups is 2. The number of aliphatic carboxylic acids is 1. The normalized spacial score (nSPS) is 27.9. The number of nitrogens with zero attached hydrogens (tertiary/aromatic N) is 1. The maximum atomic E-state index is 12.1. The SMILES string of the molecule is CCC(C(=O)O)N(C)C(=O)NC1CCOC1C1CC1. The highest BCUT2D eigenvalue weighted by molar-refractivity contribution is 5.82. The van der Waals surface area contributed by atoms with Crippen LogP contribution in [0.5, 0.6) is 0 Å². The van der Waals surface area contributed by atoms with Gasteiger partial charge in [-0.05, 0) is 31.6 Å². The molecule has 2 rings (SSSR count). The Morgan fingerprint density at radius 1 is 1.42 bits per heavy atom. The van der Waals surface area contributed by atoms with E-state index < -0.39 is 12.0 Å². The van der Waals surface area contributed by atoms with Gasteiger partial charge in [-0.2, -0.15) is 0 Å². The quantitative estimate of drug-likeness (QED) is 0.783. The number of urea groups is 1. The molecule has 0 aromatic rings. The number of hydrogen-bond donors (Lipinski definition) is 2. The van der Waals surface area contributed by atoms with Gasteiger partial charge in [0.2, 0.25) is 0 Å². The highest BCUT2D eigenvalue weighted by Gasteiger charge is 2.41. The van der Waals surface area contributed by atoms with Crippen LogP contribution in [0.2, 0.25) is 0 Å². The number of amides is 2. The molecular formula is C13H22N2O4. The van der Waals surface area contributed by atoms with E-state index in [1.165, 1.54) is 24.8 Å². The number of ether oxygens (including phenoxy) is 1. The fourth-order valence-electron chi connectivity index (χ4n) is 2.67. The minimum Gasteiger partial charge on any atom is -0.480 e. The van der Waals surface area contributed by atoms with Crippen LogP contribution in [0.15, 0.2) is 0 Å². The van der Waals surface area contributed by atoms with Gasteiger partial charge in [0.25, 0.3) is 0 Å². The Balaban J connectivity index is 1.90. The number of carboxylic acids is 1. The molecule has 3 unspecified atom stereocenters. The summed E-state index contributed by atoms with van der Waals surface area (Å²) in [6.07, 6.45) is 3.65. The molecule has 0 aromatic heterocycles. The Morgan fingerprint density at radius 3 is 2.63 bits per heavy atom. The predicted octanol–water partition coefficient (Wildman–Crippen LogP) is 1.06. The predicted molar refractivity (Wildman–Crippen MR) is 68.9 cm³/mol. The average Bonchev–Trinajstić information content (AvgIpc) is 3.10. The molecule has 0 spiro atoms. The third kappa shape index (κ3) is 3.18. The molecule has 1 aliphatic heterocycles. The summed E-state index contributed by atoms with van der Waals surface area (Å²) >= 11 is 0. The molecule has 0 bridgehead atoms. The van der Waals surface area contributed by atoms with E-state index in [2.05, 4.69) is 5.32 Å². The molecule has 1 saturated carbocycles. The van der Waals surface area contributed by atoms with E-state index in [9.17, 15) is 9.59 Å². The number of nitrogens with one attached hydrogen (secondary N) is 1. The molecule has 2 amide bonds. The summed E-state index contributed by atoms with van der Waals surface area (Å²) in [6.45, 7) is 2.43. The Labute approximate surface area is 113 Å². The first-order valence-electron chi connectivity index (χ1n) is 6.92. The zero-order valence-electron chi connectivity index (χ0n) is 11.5. The van der Waals surface area contributed by atoms with Crippen molar-refractivity contribution in [2.45, 2.75) is 50.8 Å². The van der Waals surface area contributed by atoms with Gasteiger partial charge >= 0.3 is 12.0 Å². The lowest BCUT2D eigenvalue weighted by Crippen LogP contribution is -2.51. The fourth-order valence-corrected chi connectivity index (χ4v) is 2.67. The first-order valence-corrected chi connectivity index (χ1v) is 6.92. The van der Waals surface area contributed by atoms with Crippen LogP contribution in [0.3, 0.4) is 0 Å². The first kappa shape index (κ1) is 14.1. The summed E-state index contributed by atoms with van der Waals surface area (Å²) in [7, 11) is 1.53. The van der Waals surface area contributed by atoms with Crippen molar-refractivity contribution in [2.75, 3.05) is 13.7 Å². The summed E-state index contributed by atoms with van der Waals surface area (Å²) in [5.41, 5.74) is 0. The molecule has 2 aliphatic rings. The lowest BCUT2D eigenvalue weighted by atomic mass is 10.1. The van der Waals surface area contributed by atoms with Crippen molar-refractivity contribution in [2.24, 2.45) is 5.92 Å². The topological polar surface area (TPSA) is 78.9 Å². The Kier molecular flexibility index (Phi) is 4.29. The van der Waals surface area contributed by atoms with Crippen LogP contribution in [0, 0.1) is 5.92 Å². The average molecular weight is 270 g/mol. The Morgan fingerprint density at radius 2 is 2.11 bits per heavy atom. The Bertz CT molecular complexity index is 357. The first-order chi connectivity index (χ1) is 9.04. The molecule has 6 nitrogen and oxygen atoms in total. The summed E-state index contributed by atoms with van der Waals surface area (Å²) in [5, 5.41) is 12.0. The molecule has 1 heterocycles. The molecule has 2 N–H and O–H groups in total. The van der Waals surface area contributed by atoms with Gasteiger partial charge in [0, 0.05) is 13.7 Å². The zero-order chi connectivity index (χ0) is 14.0. The third-order valence-electron chi connectivity index (χ3n) is 3.99. The highest BCUT2D eigenvalue weighted by Crippen LogP contribution is 2.38. The second kappa shape index (κ2) is 5.77. The molecule has 108 valence electrons. The number of carbonyl (C=O) groups excluding carboxylic acids is 1. The smallest absolute Gasteiger partial charge is 0.326 e. The summed E-state index contributed by atoms with van der Waals surface area (Å²) < 4.78 is 5.65. The van der Waals surface area contributed by atoms with Crippen molar-refractivity contribution in [1.29, 1.82) is 0 Å². The molecular weight excluding hydrogens is 248 g/mol. The molecule has 0 radical (unpaired) electrons. The van der Waals surface area contributed by atoms with Gasteiger partial charge in [-0.3, -0.25) is 0 Å². The van der Waals surface area contributed by atoms with Crippen LogP contribution in [0.4, 0.5) is 4.79 Å². The summed E-state index contributed by atoms with van der Waals surface area (Å²) in [6, 6.07) is -1.08. The van der Waals surface area contributed by atoms with Crippen LogP contribution in [0.25, 0.3) is 0 Å². The number of likely N-dealkylation sites (N-methyl/N-ethyl adjacent to an activating group) is 1. The molecule has 1 aliphatic carbocycles. The van der Waals surface area contributed by atoms with Crippen LogP contribution in [0.1, 0.15) is 32.6 Å². The van der Waals surface area contributed by atoms with Crippen LogP contribution >= 0.6 is 0 Å². The second-order valence-electron chi connectivity index (χ2n) is 5.39. The summed E-state index contributed by atoms with van der Waals surface area (Å²) in [5.74, 6) is -0.402. The standard InChI is InChI=1S/C13H22N2O4/c1-3-10(12(16)17)15(2)13(18)14-9-6-7-19-11(9)8-4-5-8/h8-11H,3-7H2,1-2H3,(H,14,18)(H,16,17). The maximum Gasteiger partial charge on any atom is 0.326 e. The fraction of sp³-hybridized carbons (Fsp3) is 0.846. The van der Waals surface area contributed by atoms with E-state index >= 15 is 0 Å². The van der Waals surface area contributed by atoms with E-state index in [4.69, 9.17) is 9.84 Å². The van der Waals surface area contributed by atoms with Gasteiger partial charge in [-0.1, -0.05) is 6.92 Å². The summed E-state index contributed by atoms with van der Waals surface area (Å²) in [4.78, 5) is 24.4. The van der Waals surface area contributed by atoms with Gasteiger partial charge in [-0.15, -0.1) is 0 Å². The van der Waals surface area contributed by atoms with E-state index in [0.29, 0.717) is 18.9 Å². The molecule has 19 heavy (non-hydrogen) atoms. The van der Waals surface area contributed by atoms with Crippen molar-refractivity contribution in [3.8, 4) is 0 Å². The molecule has 3 atom stereocenters. The van der Waals surface area contributed by atoms with Gasteiger partial charge in [0.05, 0.1) is 12.1 Å². The minimum atomic E-state index is -0.971.